The summed E-state index contributed by atoms with van der Waals surface area (Å²) in [6.07, 6.45) is 1.77. The van der Waals surface area contributed by atoms with Crippen molar-refractivity contribution in [1.82, 2.24) is 14.9 Å². The molecule has 0 unspecified atom stereocenters. The van der Waals surface area contributed by atoms with E-state index in [9.17, 15) is 0 Å². The molecule has 0 spiro atoms. The molecule has 1 aromatic heterocycles. The van der Waals surface area contributed by atoms with Crippen LogP contribution in [-0.4, -0.2) is 34.5 Å². The highest BCUT2D eigenvalue weighted by Crippen LogP contribution is 2.23. The van der Waals surface area contributed by atoms with E-state index in [4.69, 9.17) is 5.73 Å². The lowest BCUT2D eigenvalue weighted by molar-refractivity contribution is 0.305. The molecule has 5 heteroatoms. The maximum absolute atomic E-state index is 5.96. The van der Waals surface area contributed by atoms with Crippen LogP contribution in [-0.2, 0) is 12.8 Å². The van der Waals surface area contributed by atoms with Gasteiger partial charge in [0.15, 0.2) is 0 Å². The zero-order chi connectivity index (χ0) is 14.4. The van der Waals surface area contributed by atoms with Gasteiger partial charge < -0.3 is 10.6 Å². The fraction of sp³-hybridized carbons (Fsp3) is 0.714. The van der Waals surface area contributed by atoms with Crippen molar-refractivity contribution in [2.45, 2.75) is 40.5 Å². The predicted molar refractivity (Wildman–Crippen MR) is 84.2 cm³/mol. The second-order valence-corrected chi connectivity index (χ2v) is 5.95. The molecule has 0 aliphatic heterocycles. The highest BCUT2D eigenvalue weighted by Gasteiger charge is 2.12. The lowest BCUT2D eigenvalue weighted by Gasteiger charge is -2.17. The van der Waals surface area contributed by atoms with Gasteiger partial charge in [0, 0.05) is 13.0 Å². The molecular formula is C14H25BrN4. The highest BCUT2D eigenvalue weighted by molar-refractivity contribution is 9.10. The molecule has 108 valence electrons. The van der Waals surface area contributed by atoms with Gasteiger partial charge in [0.1, 0.15) is 11.6 Å². The van der Waals surface area contributed by atoms with Crippen LogP contribution in [0.25, 0.3) is 0 Å². The van der Waals surface area contributed by atoms with Crippen molar-refractivity contribution in [2.24, 2.45) is 5.92 Å². The third kappa shape index (κ3) is 5.07. The van der Waals surface area contributed by atoms with Crippen molar-refractivity contribution in [1.29, 1.82) is 0 Å². The monoisotopic (exact) mass is 328 g/mol. The van der Waals surface area contributed by atoms with Crippen molar-refractivity contribution in [3.05, 3.63) is 16.0 Å². The quantitative estimate of drug-likeness (QED) is 0.836. The minimum absolute atomic E-state index is 0.556. The van der Waals surface area contributed by atoms with Gasteiger partial charge in [-0.3, -0.25) is 0 Å². The summed E-state index contributed by atoms with van der Waals surface area (Å²) in [5, 5.41) is 0. The molecule has 1 aromatic rings. The van der Waals surface area contributed by atoms with Gasteiger partial charge >= 0.3 is 0 Å². The number of aromatic nitrogens is 2. The number of likely N-dealkylation sites (N-methyl/N-ethyl adjacent to an activating group) is 1. The van der Waals surface area contributed by atoms with Crippen LogP contribution in [0.15, 0.2) is 4.47 Å². The smallest absolute Gasteiger partial charge is 0.141 e. The summed E-state index contributed by atoms with van der Waals surface area (Å²) in [5.41, 5.74) is 6.98. The number of nitrogen functional groups attached to an aromatic ring is 1. The van der Waals surface area contributed by atoms with Crippen LogP contribution >= 0.6 is 15.9 Å². The average Bonchev–Trinajstić information content (AvgIpc) is 2.36. The topological polar surface area (TPSA) is 55.0 Å². The van der Waals surface area contributed by atoms with Crippen LogP contribution in [0.1, 0.15) is 39.2 Å². The molecule has 0 bridgehead atoms. The average molecular weight is 329 g/mol. The van der Waals surface area contributed by atoms with Crippen molar-refractivity contribution >= 4 is 21.7 Å². The summed E-state index contributed by atoms with van der Waals surface area (Å²) in [6.45, 7) is 11.8. The van der Waals surface area contributed by atoms with E-state index in [1.807, 2.05) is 0 Å². The van der Waals surface area contributed by atoms with E-state index in [-0.39, 0.29) is 0 Å². The van der Waals surface area contributed by atoms with Crippen molar-refractivity contribution in [3.8, 4) is 0 Å². The number of anilines is 1. The van der Waals surface area contributed by atoms with Crippen molar-refractivity contribution in [3.63, 3.8) is 0 Å². The first kappa shape index (κ1) is 16.4. The molecule has 19 heavy (non-hydrogen) atoms. The van der Waals surface area contributed by atoms with Crippen LogP contribution in [0.5, 0.6) is 0 Å². The molecule has 0 aliphatic carbocycles. The Morgan fingerprint density at radius 1 is 1.21 bits per heavy atom. The molecule has 2 N–H and O–H groups in total. The van der Waals surface area contributed by atoms with E-state index in [0.717, 1.165) is 48.5 Å². The summed E-state index contributed by atoms with van der Waals surface area (Å²) >= 11 is 3.49. The van der Waals surface area contributed by atoms with E-state index in [1.54, 1.807) is 0 Å². The molecule has 0 atom stereocenters. The van der Waals surface area contributed by atoms with E-state index >= 15 is 0 Å². The third-order valence-electron chi connectivity index (χ3n) is 3.14. The Morgan fingerprint density at radius 3 is 2.37 bits per heavy atom. The maximum atomic E-state index is 5.96. The molecule has 0 aromatic carbocycles. The highest BCUT2D eigenvalue weighted by atomic mass is 79.9. The Labute approximate surface area is 124 Å². The molecular weight excluding hydrogens is 304 g/mol. The zero-order valence-corrected chi connectivity index (χ0v) is 14.0. The molecule has 4 nitrogen and oxygen atoms in total. The molecule has 0 aliphatic rings. The number of halogens is 1. The van der Waals surface area contributed by atoms with Crippen LogP contribution in [0.4, 0.5) is 5.82 Å². The molecule has 1 heterocycles. The Balaban J connectivity index is 2.81. The molecule has 1 rings (SSSR count). The van der Waals surface area contributed by atoms with E-state index in [2.05, 4.69) is 58.5 Å². The van der Waals surface area contributed by atoms with Gasteiger partial charge in [-0.15, -0.1) is 0 Å². The fourth-order valence-corrected chi connectivity index (χ4v) is 2.34. The minimum Gasteiger partial charge on any atom is -0.383 e. The zero-order valence-electron chi connectivity index (χ0n) is 12.4. The van der Waals surface area contributed by atoms with Gasteiger partial charge in [-0.05, 0) is 41.4 Å². The fourth-order valence-electron chi connectivity index (χ4n) is 2.00. The van der Waals surface area contributed by atoms with Crippen molar-refractivity contribution in [2.75, 3.05) is 25.4 Å². The van der Waals surface area contributed by atoms with Crippen LogP contribution in [0, 0.1) is 5.92 Å². The molecule has 0 saturated heterocycles. The number of nitrogens with zero attached hydrogens (tertiary/aromatic N) is 3. The molecule has 0 radical (unpaired) electrons. The standard InChI is InChI=1S/C14H25BrN4/c1-5-19(6-2)8-7-12-17-11(9-10(3)4)13(15)14(16)18-12/h10H,5-9H2,1-4H3,(H2,16,17,18). The molecule has 0 fully saturated rings. The Kier molecular flexibility index (Phi) is 6.72. The third-order valence-corrected chi connectivity index (χ3v) is 4.00. The van der Waals surface area contributed by atoms with Gasteiger partial charge in [-0.1, -0.05) is 27.7 Å². The first-order chi connectivity index (χ1) is 8.97. The van der Waals surface area contributed by atoms with Gasteiger partial charge in [-0.2, -0.15) is 0 Å². The van der Waals surface area contributed by atoms with Crippen LogP contribution < -0.4 is 5.73 Å². The molecule has 0 amide bonds. The molecule has 0 saturated carbocycles. The Morgan fingerprint density at radius 2 is 1.84 bits per heavy atom. The summed E-state index contributed by atoms with van der Waals surface area (Å²) in [5.74, 6) is 1.96. The predicted octanol–water partition coefficient (Wildman–Crippen LogP) is 2.90. The number of rotatable bonds is 7. The summed E-state index contributed by atoms with van der Waals surface area (Å²) in [7, 11) is 0. The summed E-state index contributed by atoms with van der Waals surface area (Å²) in [4.78, 5) is 11.4. The first-order valence-electron chi connectivity index (χ1n) is 7.01. The summed E-state index contributed by atoms with van der Waals surface area (Å²) < 4.78 is 0.854. The minimum atomic E-state index is 0.556. The maximum Gasteiger partial charge on any atom is 0.141 e. The Hall–Kier alpha value is -0.680. The normalized spacial score (nSPS) is 11.5. The van der Waals surface area contributed by atoms with Crippen molar-refractivity contribution < 1.29 is 0 Å². The van der Waals surface area contributed by atoms with Gasteiger partial charge in [0.05, 0.1) is 10.2 Å². The summed E-state index contributed by atoms with van der Waals surface area (Å²) in [6, 6.07) is 0. The van der Waals surface area contributed by atoms with E-state index in [1.165, 1.54) is 0 Å². The lowest BCUT2D eigenvalue weighted by atomic mass is 10.1. The SMILES string of the molecule is CCN(CC)CCc1nc(N)c(Br)c(CC(C)C)n1. The largest absolute Gasteiger partial charge is 0.383 e. The van der Waals surface area contributed by atoms with E-state index in [0.29, 0.717) is 11.7 Å². The number of nitrogens with two attached hydrogens (primary N) is 1. The van der Waals surface area contributed by atoms with Gasteiger partial charge in [-0.25, -0.2) is 9.97 Å². The van der Waals surface area contributed by atoms with E-state index < -0.39 is 0 Å². The number of hydrogen-bond acceptors (Lipinski definition) is 4. The van der Waals surface area contributed by atoms with Gasteiger partial charge in [0.25, 0.3) is 0 Å². The van der Waals surface area contributed by atoms with Crippen LogP contribution in [0.2, 0.25) is 0 Å². The second-order valence-electron chi connectivity index (χ2n) is 5.16. The number of hydrogen-bond donors (Lipinski definition) is 1. The van der Waals surface area contributed by atoms with Gasteiger partial charge in [0.2, 0.25) is 0 Å². The Bertz CT molecular complexity index is 403. The van der Waals surface area contributed by atoms with Crippen LogP contribution in [0.3, 0.4) is 0 Å². The lowest BCUT2D eigenvalue weighted by Crippen LogP contribution is -2.26. The first-order valence-corrected chi connectivity index (χ1v) is 7.80. The second kappa shape index (κ2) is 7.80.